The van der Waals surface area contributed by atoms with Gasteiger partial charge in [-0.1, -0.05) is 0 Å². The van der Waals surface area contributed by atoms with Crippen LogP contribution in [0.1, 0.15) is 12.8 Å². The molecule has 1 aliphatic heterocycles. The zero-order chi connectivity index (χ0) is 9.31. The topological polar surface area (TPSA) is 58.5 Å². The maximum atomic E-state index is 11.9. The summed E-state index contributed by atoms with van der Waals surface area (Å²) in [4.78, 5) is 11.3. The molecule has 5 heteroatoms. The van der Waals surface area contributed by atoms with E-state index in [0.29, 0.717) is 11.5 Å². The van der Waals surface area contributed by atoms with E-state index in [1.54, 1.807) is 0 Å². The summed E-state index contributed by atoms with van der Waals surface area (Å²) in [5.41, 5.74) is 0. The minimum Gasteiger partial charge on any atom is -0.315 e. The summed E-state index contributed by atoms with van der Waals surface area (Å²) in [6, 6.07) is 0. The Morgan fingerprint density at radius 1 is 1.31 bits per heavy atom. The summed E-state index contributed by atoms with van der Waals surface area (Å²) in [7, 11) is -2.18. The first-order valence-electron chi connectivity index (χ1n) is 4.67. The van der Waals surface area contributed by atoms with Crippen molar-refractivity contribution in [2.75, 3.05) is 24.6 Å². The molecule has 1 heterocycles. The Bertz CT molecular complexity index is 315. The van der Waals surface area contributed by atoms with E-state index < -0.39 is 9.73 Å². The van der Waals surface area contributed by atoms with Crippen LogP contribution in [0.25, 0.3) is 0 Å². The molecular weight excluding hydrogens is 188 g/mol. The molecule has 0 aromatic carbocycles. The fourth-order valence-corrected chi connectivity index (χ4v) is 3.14. The van der Waals surface area contributed by atoms with Crippen LogP contribution in [-0.2, 0) is 14.5 Å². The molecule has 0 aromatic heterocycles. The third kappa shape index (κ3) is 2.28. The molecule has 4 nitrogen and oxygen atoms in total. The largest absolute Gasteiger partial charge is 0.315 e. The highest BCUT2D eigenvalue weighted by molar-refractivity contribution is 7.94. The molecule has 2 rings (SSSR count). The number of amides is 1. The fraction of sp³-hybridized carbons (Fsp3) is 0.875. The van der Waals surface area contributed by atoms with Crippen molar-refractivity contribution in [3.8, 4) is 0 Å². The van der Waals surface area contributed by atoms with Crippen molar-refractivity contribution in [1.29, 1.82) is 0 Å². The van der Waals surface area contributed by atoms with E-state index >= 15 is 0 Å². The summed E-state index contributed by atoms with van der Waals surface area (Å²) >= 11 is 0. The zero-order valence-electron chi connectivity index (χ0n) is 7.49. The lowest BCUT2D eigenvalue weighted by atomic mass is 10.4. The van der Waals surface area contributed by atoms with Crippen LogP contribution >= 0.6 is 0 Å². The van der Waals surface area contributed by atoms with Gasteiger partial charge >= 0.3 is 0 Å². The summed E-state index contributed by atoms with van der Waals surface area (Å²) < 4.78 is 15.8. The van der Waals surface area contributed by atoms with E-state index in [1.807, 2.05) is 0 Å². The van der Waals surface area contributed by atoms with Crippen LogP contribution in [0, 0.1) is 5.92 Å². The first-order valence-corrected chi connectivity index (χ1v) is 6.52. The first kappa shape index (κ1) is 9.15. The molecule has 0 radical (unpaired) electrons. The Balaban J connectivity index is 2.11. The molecule has 0 unspecified atom stereocenters. The van der Waals surface area contributed by atoms with Crippen LogP contribution in [0.4, 0.5) is 0 Å². The molecule has 1 saturated carbocycles. The average Bonchev–Trinajstić information content (AvgIpc) is 2.86. The van der Waals surface area contributed by atoms with Gasteiger partial charge in [-0.3, -0.25) is 4.79 Å². The van der Waals surface area contributed by atoms with E-state index in [4.69, 9.17) is 0 Å². The van der Waals surface area contributed by atoms with Crippen molar-refractivity contribution in [1.82, 2.24) is 5.32 Å². The minimum atomic E-state index is -2.18. The summed E-state index contributed by atoms with van der Waals surface area (Å²) in [5, 5.41) is 3.11. The quantitative estimate of drug-likeness (QED) is 0.651. The van der Waals surface area contributed by atoms with Gasteiger partial charge in [0.2, 0.25) is 0 Å². The van der Waals surface area contributed by atoms with Gasteiger partial charge < -0.3 is 5.32 Å². The number of hydrogen-bond donors (Lipinski definition) is 1. The van der Waals surface area contributed by atoms with Crippen LogP contribution < -0.4 is 5.32 Å². The molecule has 1 aliphatic carbocycles. The fourth-order valence-electron chi connectivity index (χ4n) is 1.35. The van der Waals surface area contributed by atoms with Gasteiger partial charge in [-0.15, -0.1) is 0 Å². The minimum absolute atomic E-state index is 0.105. The second-order valence-electron chi connectivity index (χ2n) is 3.63. The smallest absolute Gasteiger partial charge is 0.256 e. The molecule has 0 bridgehead atoms. The lowest BCUT2D eigenvalue weighted by Gasteiger charge is -2.15. The molecule has 1 amide bonds. The number of nitrogens with one attached hydrogen (secondary N) is 1. The zero-order valence-corrected chi connectivity index (χ0v) is 8.31. The van der Waals surface area contributed by atoms with Gasteiger partial charge in [0.1, 0.15) is 0 Å². The number of carbonyl (C=O) groups is 1. The second-order valence-corrected chi connectivity index (χ2v) is 6.18. The van der Waals surface area contributed by atoms with Crippen molar-refractivity contribution in [2.45, 2.75) is 12.8 Å². The molecule has 0 spiro atoms. The van der Waals surface area contributed by atoms with Crippen molar-refractivity contribution in [3.63, 3.8) is 0 Å². The van der Waals surface area contributed by atoms with Gasteiger partial charge in [0, 0.05) is 30.5 Å². The maximum Gasteiger partial charge on any atom is 0.256 e. The molecule has 74 valence electrons. The molecule has 1 N–H and O–H groups in total. The van der Waals surface area contributed by atoms with E-state index in [1.165, 1.54) is 0 Å². The SMILES string of the molecule is O=C(N=S1(=O)CCNCC1)C1CC1. The predicted octanol–water partition coefficient (Wildman–Crippen LogP) is -0.00580. The summed E-state index contributed by atoms with van der Waals surface area (Å²) in [6.45, 7) is 1.44. The Kier molecular flexibility index (Phi) is 2.38. The highest BCUT2D eigenvalue weighted by Crippen LogP contribution is 2.30. The van der Waals surface area contributed by atoms with Crippen molar-refractivity contribution >= 4 is 15.6 Å². The van der Waals surface area contributed by atoms with Crippen LogP contribution in [0.3, 0.4) is 0 Å². The van der Waals surface area contributed by atoms with Crippen molar-refractivity contribution in [2.24, 2.45) is 10.3 Å². The van der Waals surface area contributed by atoms with Crippen LogP contribution in [-0.4, -0.2) is 34.7 Å². The average molecular weight is 202 g/mol. The van der Waals surface area contributed by atoms with Crippen molar-refractivity contribution < 1.29 is 9.00 Å². The van der Waals surface area contributed by atoms with Gasteiger partial charge in [-0.2, -0.15) is 4.36 Å². The molecular formula is C8H14N2O2S. The number of nitrogens with zero attached hydrogens (tertiary/aromatic N) is 1. The lowest BCUT2D eigenvalue weighted by Crippen LogP contribution is -2.36. The van der Waals surface area contributed by atoms with E-state index in [0.717, 1.165) is 25.9 Å². The normalized spacial score (nSPS) is 26.8. The second kappa shape index (κ2) is 3.38. The standard InChI is InChI=1S/C8H14N2O2S/c11-8(7-1-2-7)10-13(12)5-3-9-4-6-13/h7,9H,1-6H2. The highest BCUT2D eigenvalue weighted by atomic mass is 32.2. The summed E-state index contributed by atoms with van der Waals surface area (Å²) in [5.74, 6) is 1.05. The Morgan fingerprint density at radius 2 is 1.92 bits per heavy atom. The van der Waals surface area contributed by atoms with Gasteiger partial charge in [-0.05, 0) is 12.8 Å². The monoisotopic (exact) mass is 202 g/mol. The van der Waals surface area contributed by atoms with Gasteiger partial charge in [0.15, 0.2) is 0 Å². The van der Waals surface area contributed by atoms with Crippen LogP contribution in [0.2, 0.25) is 0 Å². The third-order valence-corrected chi connectivity index (χ3v) is 4.58. The highest BCUT2D eigenvalue weighted by Gasteiger charge is 2.31. The Morgan fingerprint density at radius 3 is 2.46 bits per heavy atom. The molecule has 2 aliphatic rings. The third-order valence-electron chi connectivity index (χ3n) is 2.38. The molecule has 13 heavy (non-hydrogen) atoms. The molecule has 0 atom stereocenters. The lowest BCUT2D eigenvalue weighted by molar-refractivity contribution is -0.118. The molecule has 0 aromatic rings. The number of hydrogen-bond acceptors (Lipinski definition) is 3. The molecule has 1 saturated heterocycles. The van der Waals surface area contributed by atoms with Gasteiger partial charge in [0.25, 0.3) is 5.91 Å². The van der Waals surface area contributed by atoms with Crippen molar-refractivity contribution in [3.05, 3.63) is 0 Å². The first-order chi connectivity index (χ1) is 6.20. The van der Waals surface area contributed by atoms with E-state index in [2.05, 4.69) is 9.68 Å². The van der Waals surface area contributed by atoms with Crippen LogP contribution in [0.15, 0.2) is 4.36 Å². The Labute approximate surface area is 78.3 Å². The number of rotatable bonds is 1. The predicted molar refractivity (Wildman–Crippen MR) is 50.9 cm³/mol. The number of carbonyl (C=O) groups excluding carboxylic acids is 1. The van der Waals surface area contributed by atoms with E-state index in [9.17, 15) is 9.00 Å². The molecule has 2 fully saturated rings. The Hall–Kier alpha value is -0.420. The van der Waals surface area contributed by atoms with Gasteiger partial charge in [0.05, 0.1) is 9.73 Å². The van der Waals surface area contributed by atoms with Crippen LogP contribution in [0.5, 0.6) is 0 Å². The maximum absolute atomic E-state index is 11.9. The summed E-state index contributed by atoms with van der Waals surface area (Å²) in [6.07, 6.45) is 1.88. The van der Waals surface area contributed by atoms with E-state index in [-0.39, 0.29) is 11.8 Å². The van der Waals surface area contributed by atoms with Gasteiger partial charge in [-0.25, -0.2) is 4.21 Å².